The first kappa shape index (κ1) is 21.5. The molecule has 0 saturated carbocycles. The highest BCUT2D eigenvalue weighted by Crippen LogP contribution is 2.33. The minimum Gasteiger partial charge on any atom is -0.351 e. The summed E-state index contributed by atoms with van der Waals surface area (Å²) in [6.45, 7) is 3.55. The number of hydrogen-bond acceptors (Lipinski definition) is 6. The fourth-order valence-electron chi connectivity index (χ4n) is 4.21. The molecule has 0 aliphatic carbocycles. The van der Waals surface area contributed by atoms with Gasteiger partial charge in [0.15, 0.2) is 11.6 Å². The van der Waals surface area contributed by atoms with Crippen molar-refractivity contribution in [1.82, 2.24) is 24.6 Å². The van der Waals surface area contributed by atoms with E-state index in [-0.39, 0.29) is 5.92 Å². The van der Waals surface area contributed by atoms with Gasteiger partial charge in [0.2, 0.25) is 5.95 Å². The van der Waals surface area contributed by atoms with Crippen molar-refractivity contribution in [1.29, 1.82) is 0 Å². The number of benzene rings is 1. The molecule has 170 valence electrons. The topological polar surface area (TPSA) is 71.2 Å². The molecule has 2 aromatic heterocycles. The highest BCUT2D eigenvalue weighted by atomic mass is 35.5. The third-order valence-electron chi connectivity index (χ3n) is 6.05. The molecular weight excluding hydrogens is 448 g/mol. The van der Waals surface area contributed by atoms with Crippen molar-refractivity contribution in [3.8, 4) is 0 Å². The summed E-state index contributed by atoms with van der Waals surface area (Å²) in [7, 11) is 1.82. The van der Waals surface area contributed by atoms with Gasteiger partial charge in [-0.25, -0.2) is 23.7 Å². The van der Waals surface area contributed by atoms with E-state index in [9.17, 15) is 8.78 Å². The third kappa shape index (κ3) is 4.32. The number of hydrogen-bond donors (Lipinski definition) is 1. The van der Waals surface area contributed by atoms with Crippen LogP contribution in [0.1, 0.15) is 18.2 Å². The van der Waals surface area contributed by atoms with E-state index < -0.39 is 11.6 Å². The van der Waals surface area contributed by atoms with Crippen LogP contribution in [0.25, 0.3) is 0 Å². The van der Waals surface area contributed by atoms with Crippen molar-refractivity contribution < 1.29 is 8.78 Å². The van der Waals surface area contributed by atoms with Crippen molar-refractivity contribution in [2.75, 3.05) is 18.4 Å². The van der Waals surface area contributed by atoms with Gasteiger partial charge in [0, 0.05) is 19.7 Å². The first-order valence-electron chi connectivity index (χ1n) is 10.6. The minimum atomic E-state index is -0.830. The van der Waals surface area contributed by atoms with E-state index in [0.717, 1.165) is 29.5 Å². The first-order chi connectivity index (χ1) is 15.9. The molecule has 2 aliphatic heterocycles. The van der Waals surface area contributed by atoms with Gasteiger partial charge in [-0.05, 0) is 42.0 Å². The molecule has 2 aliphatic rings. The van der Waals surface area contributed by atoms with Crippen molar-refractivity contribution in [2.45, 2.75) is 13.3 Å². The normalized spacial score (nSPS) is 19.8. The molecule has 1 unspecified atom stereocenters. The number of nitrogens with zero attached hydrogens (tertiary/aromatic N) is 6. The zero-order valence-electron chi connectivity index (χ0n) is 18.1. The monoisotopic (exact) mass is 469 g/mol. The number of aromatic nitrogens is 4. The molecule has 3 aromatic rings. The van der Waals surface area contributed by atoms with Gasteiger partial charge in [-0.3, -0.25) is 4.68 Å². The van der Waals surface area contributed by atoms with Crippen LogP contribution >= 0.6 is 11.6 Å². The minimum absolute atomic E-state index is 0.159. The second kappa shape index (κ2) is 8.55. The van der Waals surface area contributed by atoms with Crippen LogP contribution in [0.2, 0.25) is 5.02 Å². The summed E-state index contributed by atoms with van der Waals surface area (Å²) in [5.74, 6) is 0.845. The molecule has 5 rings (SSSR count). The Morgan fingerprint density at radius 1 is 1.21 bits per heavy atom. The number of nitrogens with one attached hydrogen (secondary N) is 1. The van der Waals surface area contributed by atoms with E-state index in [1.165, 1.54) is 12.1 Å². The standard InChI is InChI=1S/C23H22ClF2N7/c1-13-11-33-12-19(22-16(24)10-27-23(31-22)30-20-5-6-28-32(20)2)29-21(33)9-15(13)7-14-3-4-17(25)18(26)8-14/h3-6,8-10,13,15H,7,11-12H2,1-2H3,(H,27,30,31)/t13-,15?/m1/s1. The van der Waals surface area contributed by atoms with E-state index >= 15 is 0 Å². The van der Waals surface area contributed by atoms with E-state index in [2.05, 4.69) is 38.3 Å². The number of fused-ring (bicyclic) bond motifs is 1. The summed E-state index contributed by atoms with van der Waals surface area (Å²) in [6, 6.07) is 5.91. The summed E-state index contributed by atoms with van der Waals surface area (Å²) < 4.78 is 28.6. The average molecular weight is 470 g/mol. The molecule has 0 saturated heterocycles. The lowest BCUT2D eigenvalue weighted by Crippen LogP contribution is -2.35. The molecule has 33 heavy (non-hydrogen) atoms. The number of aryl methyl sites for hydroxylation is 1. The van der Waals surface area contributed by atoms with Gasteiger partial charge in [0.25, 0.3) is 0 Å². The second-order valence-electron chi connectivity index (χ2n) is 8.41. The van der Waals surface area contributed by atoms with Crippen molar-refractivity contribution in [3.05, 3.63) is 76.5 Å². The molecule has 4 heterocycles. The molecular formula is C23H22ClF2N7. The van der Waals surface area contributed by atoms with Crippen LogP contribution in [0.15, 0.2) is 53.5 Å². The van der Waals surface area contributed by atoms with Crippen LogP contribution < -0.4 is 5.32 Å². The molecule has 0 fully saturated rings. The fraction of sp³-hybridized carbons (Fsp3) is 0.304. The summed E-state index contributed by atoms with van der Waals surface area (Å²) >= 11 is 6.42. The van der Waals surface area contributed by atoms with Crippen molar-refractivity contribution >= 4 is 29.1 Å². The molecule has 0 spiro atoms. The predicted octanol–water partition coefficient (Wildman–Crippen LogP) is 4.34. The second-order valence-corrected chi connectivity index (χ2v) is 8.82. The largest absolute Gasteiger partial charge is 0.351 e. The molecule has 7 nitrogen and oxygen atoms in total. The first-order valence-corrected chi connectivity index (χ1v) is 11.0. The Hall–Kier alpha value is -3.33. The van der Waals surface area contributed by atoms with Gasteiger partial charge in [-0.1, -0.05) is 24.6 Å². The van der Waals surface area contributed by atoms with Gasteiger partial charge < -0.3 is 10.2 Å². The number of allylic oxidation sites excluding steroid dienone is 1. The number of aliphatic imine (C=N–C) groups is 1. The quantitative estimate of drug-likeness (QED) is 0.602. The van der Waals surface area contributed by atoms with Crippen LogP contribution in [-0.4, -0.2) is 43.4 Å². The maximum Gasteiger partial charge on any atom is 0.229 e. The van der Waals surface area contributed by atoms with Gasteiger partial charge >= 0.3 is 0 Å². The van der Waals surface area contributed by atoms with Crippen LogP contribution in [0, 0.1) is 23.5 Å². The molecule has 1 N–H and O–H groups in total. The average Bonchev–Trinajstić information content (AvgIpc) is 3.38. The van der Waals surface area contributed by atoms with Gasteiger partial charge in [0.1, 0.15) is 17.3 Å². The Labute approximate surface area is 194 Å². The van der Waals surface area contributed by atoms with E-state index in [1.807, 2.05) is 13.1 Å². The summed E-state index contributed by atoms with van der Waals surface area (Å²) in [4.78, 5) is 15.9. The number of rotatable bonds is 5. The highest BCUT2D eigenvalue weighted by molar-refractivity contribution is 6.34. The van der Waals surface area contributed by atoms with Gasteiger partial charge in [-0.15, -0.1) is 0 Å². The van der Waals surface area contributed by atoms with E-state index in [0.29, 0.717) is 35.5 Å². The van der Waals surface area contributed by atoms with Crippen LogP contribution in [-0.2, 0) is 13.5 Å². The summed E-state index contributed by atoms with van der Waals surface area (Å²) in [5.41, 5.74) is 2.11. The van der Waals surface area contributed by atoms with Crippen molar-refractivity contribution in [3.63, 3.8) is 0 Å². The van der Waals surface area contributed by atoms with E-state index in [1.54, 1.807) is 23.1 Å². The van der Waals surface area contributed by atoms with Gasteiger partial charge in [-0.2, -0.15) is 5.10 Å². The SMILES string of the molecule is C[C@@H]1CN2CC(c3nc(Nc4ccnn4C)ncc3Cl)=NC2=CC1Cc1ccc(F)c(F)c1. The molecule has 0 radical (unpaired) electrons. The molecule has 2 atom stereocenters. The predicted molar refractivity (Wildman–Crippen MR) is 122 cm³/mol. The van der Waals surface area contributed by atoms with Crippen LogP contribution in [0.4, 0.5) is 20.5 Å². The Morgan fingerprint density at radius 3 is 2.82 bits per heavy atom. The Kier molecular flexibility index (Phi) is 5.57. The van der Waals surface area contributed by atoms with E-state index in [4.69, 9.17) is 16.6 Å². The highest BCUT2D eigenvalue weighted by Gasteiger charge is 2.32. The summed E-state index contributed by atoms with van der Waals surface area (Å²) in [5, 5.41) is 7.69. The Balaban J connectivity index is 1.39. The fourth-order valence-corrected chi connectivity index (χ4v) is 4.41. The number of anilines is 2. The Morgan fingerprint density at radius 2 is 2.06 bits per heavy atom. The Bertz CT molecular complexity index is 1270. The lowest BCUT2D eigenvalue weighted by Gasteiger charge is -2.33. The maximum atomic E-state index is 13.6. The van der Waals surface area contributed by atoms with Gasteiger partial charge in [0.05, 0.1) is 29.7 Å². The lowest BCUT2D eigenvalue weighted by molar-refractivity contribution is 0.259. The van der Waals surface area contributed by atoms with Crippen LogP contribution in [0.3, 0.4) is 0 Å². The lowest BCUT2D eigenvalue weighted by atomic mass is 9.85. The van der Waals surface area contributed by atoms with Crippen LogP contribution in [0.5, 0.6) is 0 Å². The third-order valence-corrected chi connectivity index (χ3v) is 6.33. The van der Waals surface area contributed by atoms with Crippen molar-refractivity contribution in [2.24, 2.45) is 23.9 Å². The number of halogens is 3. The smallest absolute Gasteiger partial charge is 0.229 e. The molecule has 10 heteroatoms. The molecule has 0 amide bonds. The maximum absolute atomic E-state index is 13.6. The summed E-state index contributed by atoms with van der Waals surface area (Å²) in [6.07, 6.45) is 5.97. The zero-order valence-corrected chi connectivity index (χ0v) is 18.9. The molecule has 0 bridgehead atoms. The molecule has 1 aromatic carbocycles. The zero-order chi connectivity index (χ0) is 23.1.